The predicted octanol–water partition coefficient (Wildman–Crippen LogP) is 4.90. The van der Waals surface area contributed by atoms with Crippen LogP contribution in [0.15, 0.2) is 12.7 Å². The van der Waals surface area contributed by atoms with Crippen LogP contribution in [0.1, 0.15) is 119 Å². The maximum absolute atomic E-state index is 13.5. The van der Waals surface area contributed by atoms with Gasteiger partial charge in [0.25, 0.3) is 0 Å². The predicted molar refractivity (Wildman–Crippen MR) is 181 cm³/mol. The molecule has 1 heterocycles. The number of urea groups is 1. The summed E-state index contributed by atoms with van der Waals surface area (Å²) in [7, 11) is 1.89. The first-order chi connectivity index (χ1) is 21.0. The van der Waals surface area contributed by atoms with E-state index >= 15 is 0 Å². The minimum Gasteiger partial charge on any atom is -0.352 e. The van der Waals surface area contributed by atoms with Crippen molar-refractivity contribution in [3.8, 4) is 12.3 Å². The zero-order chi connectivity index (χ0) is 34.6. The molecule has 0 bridgehead atoms. The lowest BCUT2D eigenvalue weighted by atomic mass is 9.70. The maximum Gasteiger partial charge on any atom is 0.312 e. The highest BCUT2D eigenvalue weighted by atomic mass is 16.2. The van der Waals surface area contributed by atoms with Crippen LogP contribution < -0.4 is 21.7 Å². The number of aldehydes is 1. The van der Waals surface area contributed by atoms with E-state index in [1.807, 2.05) is 47.7 Å². The lowest BCUT2D eigenvalue weighted by molar-refractivity contribution is -0.143. The fraction of sp³-hybridized carbons (Fsp3) is 0.735. The van der Waals surface area contributed by atoms with Gasteiger partial charge in [-0.25, -0.2) is 4.79 Å². The molecule has 254 valence electrons. The normalized spacial score (nSPS) is 17.2. The van der Waals surface area contributed by atoms with Crippen LogP contribution in [0.3, 0.4) is 0 Å². The van der Waals surface area contributed by atoms with Gasteiger partial charge in [-0.2, -0.15) is 0 Å². The van der Waals surface area contributed by atoms with E-state index in [1.165, 1.54) is 11.3 Å². The first kappa shape index (κ1) is 45.2. The highest BCUT2D eigenvalue weighted by Gasteiger charge is 2.46. The monoisotopic (exact) mass is 621 g/mol. The molecule has 5 N–H and O–H groups in total. The number of hydrogen-bond acceptors (Lipinski definition) is 6. The molecule has 0 aromatic carbocycles. The van der Waals surface area contributed by atoms with Gasteiger partial charge in [-0.1, -0.05) is 80.2 Å². The average molecular weight is 622 g/mol. The van der Waals surface area contributed by atoms with Crippen molar-refractivity contribution in [3.63, 3.8) is 0 Å². The summed E-state index contributed by atoms with van der Waals surface area (Å²) < 4.78 is 0. The minimum atomic E-state index is -0.803. The molecule has 0 radical (unpaired) electrons. The van der Waals surface area contributed by atoms with Crippen molar-refractivity contribution in [3.05, 3.63) is 12.7 Å². The summed E-state index contributed by atoms with van der Waals surface area (Å²) in [5.41, 5.74) is 4.95. The van der Waals surface area contributed by atoms with Crippen molar-refractivity contribution in [2.24, 2.45) is 11.1 Å². The molecule has 0 aromatic heterocycles. The van der Waals surface area contributed by atoms with E-state index in [1.54, 1.807) is 0 Å². The van der Waals surface area contributed by atoms with Gasteiger partial charge in [0, 0.05) is 32.0 Å². The highest BCUT2D eigenvalue weighted by Crippen LogP contribution is 2.40. The second kappa shape index (κ2) is 28.6. The van der Waals surface area contributed by atoms with Gasteiger partial charge in [-0.05, 0) is 44.6 Å². The number of nitrogens with one attached hydrogen (secondary N) is 3. The standard InChI is InChI=1S/C23H34N4O5.C4H9N.C3H8.2C2H6/c1-3-4-9-16(14-17(29)15-28)25-20(30)18-10-8-13-27(18)21(31)19(26-22(24)32)23(2)11-6-5-7-12-23;1-3-4-5-2;1-3-2;2*1-2/h1,15-16,18-19H,4-14H2,2H3,(H,25,30)(H3,24,26,32);3,5H,1,4H2,2H3;3H2,1-2H3;2*1-2H3. The number of amides is 4. The highest BCUT2D eigenvalue weighted by molar-refractivity contribution is 6.25. The van der Waals surface area contributed by atoms with Crippen molar-refractivity contribution in [2.45, 2.75) is 137 Å². The molecule has 3 unspecified atom stereocenters. The number of nitrogens with two attached hydrogens (primary N) is 1. The van der Waals surface area contributed by atoms with Crippen molar-refractivity contribution < 1.29 is 24.0 Å². The number of terminal acetylenes is 1. The summed E-state index contributed by atoms with van der Waals surface area (Å²) >= 11 is 0. The van der Waals surface area contributed by atoms with Gasteiger partial charge >= 0.3 is 6.03 Å². The Labute approximate surface area is 268 Å². The van der Waals surface area contributed by atoms with E-state index in [4.69, 9.17) is 12.2 Å². The molecule has 0 aromatic rings. The molecule has 1 saturated carbocycles. The van der Waals surface area contributed by atoms with E-state index < -0.39 is 35.4 Å². The van der Waals surface area contributed by atoms with Crippen molar-refractivity contribution in [2.75, 3.05) is 20.1 Å². The molecule has 44 heavy (non-hydrogen) atoms. The van der Waals surface area contributed by atoms with Gasteiger partial charge in [0.1, 0.15) is 12.1 Å². The van der Waals surface area contributed by atoms with Crippen LogP contribution in [-0.2, 0) is 19.2 Å². The number of ketones is 1. The second-order valence-electron chi connectivity index (χ2n) is 10.6. The van der Waals surface area contributed by atoms with Crippen LogP contribution in [0.4, 0.5) is 4.79 Å². The third-order valence-corrected chi connectivity index (χ3v) is 6.98. The van der Waals surface area contributed by atoms with Gasteiger partial charge in [0.2, 0.25) is 11.8 Å². The van der Waals surface area contributed by atoms with Crippen LogP contribution >= 0.6 is 0 Å². The molecule has 2 fully saturated rings. The Morgan fingerprint density at radius 3 is 2.07 bits per heavy atom. The molecule has 1 saturated heterocycles. The van der Waals surface area contributed by atoms with Gasteiger partial charge in [0.15, 0.2) is 12.1 Å². The van der Waals surface area contributed by atoms with Crippen LogP contribution in [0.5, 0.6) is 0 Å². The van der Waals surface area contributed by atoms with Gasteiger partial charge in [-0.15, -0.1) is 18.9 Å². The minimum absolute atomic E-state index is 0.137. The molecule has 4 amide bonds. The van der Waals surface area contributed by atoms with Crippen molar-refractivity contribution in [1.29, 1.82) is 0 Å². The Morgan fingerprint density at radius 1 is 1.07 bits per heavy atom. The molecule has 1 aliphatic heterocycles. The largest absolute Gasteiger partial charge is 0.352 e. The van der Waals surface area contributed by atoms with Gasteiger partial charge in [-0.3, -0.25) is 19.2 Å². The summed E-state index contributed by atoms with van der Waals surface area (Å²) in [6.07, 6.45) is 14.9. The second-order valence-corrected chi connectivity index (χ2v) is 10.6. The van der Waals surface area contributed by atoms with Crippen LogP contribution in [-0.4, -0.2) is 73.1 Å². The average Bonchev–Trinajstić information content (AvgIpc) is 3.52. The first-order valence-electron chi connectivity index (χ1n) is 16.4. The Bertz CT molecular complexity index is 865. The number of carbonyl (C=O) groups excluding carboxylic acids is 5. The number of hydrogen-bond donors (Lipinski definition) is 4. The fourth-order valence-corrected chi connectivity index (χ4v) is 5.01. The summed E-state index contributed by atoms with van der Waals surface area (Å²) in [5, 5.41) is 8.33. The lowest BCUT2D eigenvalue weighted by Gasteiger charge is -2.42. The molecule has 2 aliphatic rings. The number of primary amides is 1. The lowest BCUT2D eigenvalue weighted by Crippen LogP contribution is -2.60. The number of Topliss-reactive ketones (excluding diaryl/α,β-unsaturated/α-hetero) is 1. The Morgan fingerprint density at radius 2 is 1.64 bits per heavy atom. The maximum atomic E-state index is 13.5. The number of carbonyl (C=O) groups is 5. The number of nitrogens with zero attached hydrogens (tertiary/aromatic N) is 1. The van der Waals surface area contributed by atoms with Gasteiger partial charge in [0.05, 0.1) is 0 Å². The van der Waals surface area contributed by atoms with E-state index in [0.29, 0.717) is 32.2 Å². The Balaban J connectivity index is -0.00000121. The zero-order valence-corrected chi connectivity index (χ0v) is 28.9. The van der Waals surface area contributed by atoms with Gasteiger partial charge < -0.3 is 26.6 Å². The molecule has 2 rings (SSSR count). The van der Waals surface area contributed by atoms with E-state index in [0.717, 1.165) is 38.6 Å². The quantitative estimate of drug-likeness (QED) is 0.105. The Hall–Kier alpha value is -3.19. The molecule has 10 nitrogen and oxygen atoms in total. The third-order valence-electron chi connectivity index (χ3n) is 6.98. The smallest absolute Gasteiger partial charge is 0.312 e. The summed E-state index contributed by atoms with van der Waals surface area (Å²) in [6.45, 7) is 19.0. The molecular formula is C34H63N5O5. The van der Waals surface area contributed by atoms with Crippen LogP contribution in [0.2, 0.25) is 0 Å². The Kier molecular flexibility index (Phi) is 29.4. The summed E-state index contributed by atoms with van der Waals surface area (Å²) in [6, 6.07) is -2.87. The van der Waals surface area contributed by atoms with Crippen LogP contribution in [0.25, 0.3) is 0 Å². The van der Waals surface area contributed by atoms with Crippen LogP contribution in [0, 0.1) is 17.8 Å². The number of likely N-dealkylation sites (N-methyl/N-ethyl adjacent to an activating group) is 1. The van der Waals surface area contributed by atoms with Crippen molar-refractivity contribution >= 4 is 29.9 Å². The SMILES string of the molecule is C#CCCC(CC(=O)C=O)NC(=O)C1CCCN1C(=O)C(NC(N)=O)C1(C)CCCCC1.C=CCNC.CC.CC.CCC. The van der Waals surface area contributed by atoms with E-state index in [-0.39, 0.29) is 24.5 Å². The molecule has 0 spiro atoms. The third kappa shape index (κ3) is 18.5. The number of rotatable bonds is 12. The molecule has 3 atom stereocenters. The van der Waals surface area contributed by atoms with E-state index in [2.05, 4.69) is 42.3 Å². The van der Waals surface area contributed by atoms with E-state index in [9.17, 15) is 24.0 Å². The summed E-state index contributed by atoms with van der Waals surface area (Å²) in [4.78, 5) is 62.1. The fourth-order valence-electron chi connectivity index (χ4n) is 5.01. The topological polar surface area (TPSA) is 151 Å². The summed E-state index contributed by atoms with van der Waals surface area (Å²) in [5.74, 6) is 1.15. The molecular weight excluding hydrogens is 558 g/mol. The molecule has 1 aliphatic carbocycles. The first-order valence-corrected chi connectivity index (χ1v) is 16.4. The van der Waals surface area contributed by atoms with Crippen molar-refractivity contribution in [1.82, 2.24) is 20.9 Å². The zero-order valence-electron chi connectivity index (χ0n) is 28.9. The number of likely N-dealkylation sites (tertiary alicyclic amines) is 1. The molecule has 10 heteroatoms.